The number of amides is 1. The number of hydrogen-bond donors (Lipinski definition) is 2. The van der Waals surface area contributed by atoms with E-state index in [-0.39, 0.29) is 11.9 Å². The molecule has 4 heteroatoms. The van der Waals surface area contributed by atoms with Gasteiger partial charge in [0.1, 0.15) is 11.8 Å². The fourth-order valence-electron chi connectivity index (χ4n) is 2.21. The quantitative estimate of drug-likeness (QED) is 0.884. The van der Waals surface area contributed by atoms with Crippen molar-refractivity contribution in [3.8, 4) is 5.75 Å². The minimum atomic E-state index is -0.379. The molecular weight excluding hydrogens is 276 g/mol. The first-order valence-corrected chi connectivity index (χ1v) is 7.28. The van der Waals surface area contributed by atoms with Crippen molar-refractivity contribution in [3.63, 3.8) is 0 Å². The number of nitrogens with one attached hydrogen (secondary N) is 2. The van der Waals surface area contributed by atoms with Gasteiger partial charge in [-0.15, -0.1) is 0 Å². The summed E-state index contributed by atoms with van der Waals surface area (Å²) in [7, 11) is 1.62. The Hall–Kier alpha value is -2.49. The molecule has 0 radical (unpaired) electrons. The molecule has 116 valence electrons. The van der Waals surface area contributed by atoms with Crippen molar-refractivity contribution in [2.75, 3.05) is 17.7 Å². The third-order valence-electron chi connectivity index (χ3n) is 3.41. The summed E-state index contributed by atoms with van der Waals surface area (Å²) in [5.41, 5.74) is 3.83. The zero-order chi connectivity index (χ0) is 16.1. The molecule has 2 N–H and O–H groups in total. The van der Waals surface area contributed by atoms with E-state index in [9.17, 15) is 4.79 Å². The third kappa shape index (κ3) is 4.01. The Kier molecular flexibility index (Phi) is 5.04. The second-order valence-electron chi connectivity index (χ2n) is 5.43. The summed E-state index contributed by atoms with van der Waals surface area (Å²) in [6, 6.07) is 13.2. The van der Waals surface area contributed by atoms with Gasteiger partial charge in [0.05, 0.1) is 12.8 Å². The minimum Gasteiger partial charge on any atom is -0.495 e. The molecule has 1 atom stereocenters. The van der Waals surface area contributed by atoms with Gasteiger partial charge in [0, 0.05) is 5.69 Å². The van der Waals surface area contributed by atoms with Crippen LogP contribution in [-0.2, 0) is 4.79 Å². The summed E-state index contributed by atoms with van der Waals surface area (Å²) in [5.74, 6) is 0.634. The van der Waals surface area contributed by atoms with Crippen LogP contribution in [0, 0.1) is 13.8 Å². The Labute approximate surface area is 131 Å². The summed E-state index contributed by atoms with van der Waals surface area (Å²) in [6.45, 7) is 5.82. The van der Waals surface area contributed by atoms with Crippen LogP contribution in [0.25, 0.3) is 0 Å². The molecule has 22 heavy (non-hydrogen) atoms. The minimum absolute atomic E-state index is 0.0887. The first-order chi connectivity index (χ1) is 10.5. The van der Waals surface area contributed by atoms with Crippen LogP contribution < -0.4 is 15.4 Å². The Balaban J connectivity index is 2.07. The molecule has 0 saturated heterocycles. The lowest BCUT2D eigenvalue weighted by Gasteiger charge is -2.18. The van der Waals surface area contributed by atoms with E-state index < -0.39 is 0 Å². The van der Waals surface area contributed by atoms with Crippen molar-refractivity contribution in [3.05, 3.63) is 53.6 Å². The van der Waals surface area contributed by atoms with Crippen LogP contribution >= 0.6 is 0 Å². The average Bonchev–Trinajstić information content (AvgIpc) is 2.47. The van der Waals surface area contributed by atoms with Crippen LogP contribution in [0.1, 0.15) is 18.1 Å². The van der Waals surface area contributed by atoms with Crippen molar-refractivity contribution < 1.29 is 9.53 Å². The molecule has 1 amide bonds. The standard InChI is InChI=1S/C18H22N2O2/c1-12-6-5-7-15(10-12)20-18(21)14(3)19-16-11-13(2)8-9-17(16)22-4/h5-11,14,19H,1-4H3,(H,20,21). The molecule has 2 aromatic rings. The van der Waals surface area contributed by atoms with Crippen molar-refractivity contribution in [1.82, 2.24) is 0 Å². The topological polar surface area (TPSA) is 50.4 Å². The molecule has 0 spiro atoms. The second kappa shape index (κ2) is 6.98. The van der Waals surface area contributed by atoms with Crippen LogP contribution in [0.15, 0.2) is 42.5 Å². The highest BCUT2D eigenvalue weighted by atomic mass is 16.5. The number of rotatable bonds is 5. The van der Waals surface area contributed by atoms with E-state index in [1.165, 1.54) is 0 Å². The average molecular weight is 298 g/mol. The zero-order valence-corrected chi connectivity index (χ0v) is 13.4. The Bertz CT molecular complexity index is 668. The maximum atomic E-state index is 12.3. The summed E-state index contributed by atoms with van der Waals surface area (Å²) in [6.07, 6.45) is 0. The summed E-state index contributed by atoms with van der Waals surface area (Å²) < 4.78 is 5.32. The van der Waals surface area contributed by atoms with Crippen molar-refractivity contribution in [1.29, 1.82) is 0 Å². The van der Waals surface area contributed by atoms with Crippen LogP contribution in [0.4, 0.5) is 11.4 Å². The van der Waals surface area contributed by atoms with Gasteiger partial charge in [0.2, 0.25) is 5.91 Å². The molecule has 4 nitrogen and oxygen atoms in total. The van der Waals surface area contributed by atoms with Crippen LogP contribution in [0.5, 0.6) is 5.75 Å². The highest BCUT2D eigenvalue weighted by Crippen LogP contribution is 2.26. The highest BCUT2D eigenvalue weighted by molar-refractivity contribution is 5.96. The molecule has 0 saturated carbocycles. The maximum Gasteiger partial charge on any atom is 0.246 e. The van der Waals surface area contributed by atoms with Crippen LogP contribution in [-0.4, -0.2) is 19.1 Å². The Morgan fingerprint density at radius 2 is 1.82 bits per heavy atom. The highest BCUT2D eigenvalue weighted by Gasteiger charge is 2.15. The van der Waals surface area contributed by atoms with E-state index in [4.69, 9.17) is 4.74 Å². The lowest BCUT2D eigenvalue weighted by molar-refractivity contribution is -0.116. The smallest absolute Gasteiger partial charge is 0.246 e. The van der Waals surface area contributed by atoms with Gasteiger partial charge in [-0.3, -0.25) is 4.79 Å². The molecule has 0 aromatic heterocycles. The van der Waals surface area contributed by atoms with Gasteiger partial charge in [-0.2, -0.15) is 0 Å². The fourth-order valence-corrected chi connectivity index (χ4v) is 2.21. The van der Waals surface area contributed by atoms with Crippen LogP contribution in [0.2, 0.25) is 0 Å². The fraction of sp³-hybridized carbons (Fsp3) is 0.278. The van der Waals surface area contributed by atoms with Gasteiger partial charge in [-0.05, 0) is 56.2 Å². The number of benzene rings is 2. The number of carbonyl (C=O) groups excluding carboxylic acids is 1. The van der Waals surface area contributed by atoms with E-state index in [1.807, 2.05) is 63.2 Å². The molecule has 0 fully saturated rings. The predicted molar refractivity (Wildman–Crippen MR) is 90.6 cm³/mol. The molecule has 0 heterocycles. The molecule has 0 aliphatic heterocycles. The number of hydrogen-bond acceptors (Lipinski definition) is 3. The lowest BCUT2D eigenvalue weighted by Crippen LogP contribution is -2.32. The van der Waals surface area contributed by atoms with Gasteiger partial charge in [-0.1, -0.05) is 18.2 Å². The number of aryl methyl sites for hydroxylation is 2. The normalized spacial score (nSPS) is 11.6. The maximum absolute atomic E-state index is 12.3. The van der Waals surface area contributed by atoms with Crippen molar-refractivity contribution in [2.45, 2.75) is 26.8 Å². The van der Waals surface area contributed by atoms with E-state index >= 15 is 0 Å². The molecule has 0 aliphatic rings. The second-order valence-corrected chi connectivity index (χ2v) is 5.43. The van der Waals surface area contributed by atoms with E-state index in [0.29, 0.717) is 0 Å². The Morgan fingerprint density at radius 1 is 1.09 bits per heavy atom. The van der Waals surface area contributed by atoms with E-state index in [0.717, 1.165) is 28.3 Å². The monoisotopic (exact) mass is 298 g/mol. The molecule has 0 bridgehead atoms. The Morgan fingerprint density at radius 3 is 2.50 bits per heavy atom. The largest absolute Gasteiger partial charge is 0.495 e. The van der Waals surface area contributed by atoms with Crippen LogP contribution in [0.3, 0.4) is 0 Å². The molecule has 2 aromatic carbocycles. The number of carbonyl (C=O) groups is 1. The zero-order valence-electron chi connectivity index (χ0n) is 13.4. The summed E-state index contributed by atoms with van der Waals surface area (Å²) in [5, 5.41) is 6.11. The van der Waals surface area contributed by atoms with Gasteiger partial charge in [0.25, 0.3) is 0 Å². The van der Waals surface area contributed by atoms with Gasteiger partial charge in [-0.25, -0.2) is 0 Å². The summed E-state index contributed by atoms with van der Waals surface area (Å²) in [4.78, 5) is 12.3. The molecule has 0 aliphatic carbocycles. The van der Waals surface area contributed by atoms with E-state index in [1.54, 1.807) is 7.11 Å². The number of anilines is 2. The lowest BCUT2D eigenvalue weighted by atomic mass is 10.2. The summed E-state index contributed by atoms with van der Waals surface area (Å²) >= 11 is 0. The van der Waals surface area contributed by atoms with Gasteiger partial charge in [0.15, 0.2) is 0 Å². The SMILES string of the molecule is COc1ccc(C)cc1NC(C)C(=O)Nc1cccc(C)c1. The van der Waals surface area contributed by atoms with Gasteiger partial charge < -0.3 is 15.4 Å². The predicted octanol–water partition coefficient (Wildman–Crippen LogP) is 3.75. The number of methoxy groups -OCH3 is 1. The first kappa shape index (κ1) is 15.9. The third-order valence-corrected chi connectivity index (χ3v) is 3.41. The molecular formula is C18H22N2O2. The van der Waals surface area contributed by atoms with Crippen molar-refractivity contribution >= 4 is 17.3 Å². The number of ether oxygens (including phenoxy) is 1. The molecule has 2 rings (SSSR count). The van der Waals surface area contributed by atoms with Crippen molar-refractivity contribution in [2.24, 2.45) is 0 Å². The van der Waals surface area contributed by atoms with Gasteiger partial charge >= 0.3 is 0 Å². The molecule has 1 unspecified atom stereocenters. The first-order valence-electron chi connectivity index (χ1n) is 7.28. The van der Waals surface area contributed by atoms with E-state index in [2.05, 4.69) is 10.6 Å².